The first-order chi connectivity index (χ1) is 13.5. The molecule has 1 unspecified atom stereocenters. The Kier molecular flexibility index (Phi) is 6.17. The molecule has 2 aromatic carbocycles. The Morgan fingerprint density at radius 1 is 1.11 bits per heavy atom. The van der Waals surface area contributed by atoms with Crippen LogP contribution in [0.15, 0.2) is 48.5 Å². The Bertz CT molecular complexity index is 853. The van der Waals surface area contributed by atoms with Gasteiger partial charge in [-0.05, 0) is 17.7 Å². The van der Waals surface area contributed by atoms with Crippen LogP contribution < -0.4 is 9.64 Å². The maximum Gasteiger partial charge on any atom is 0.244 e. The van der Waals surface area contributed by atoms with Crippen molar-refractivity contribution in [1.82, 2.24) is 9.80 Å². The van der Waals surface area contributed by atoms with E-state index in [1.807, 2.05) is 42.5 Å². The molecule has 0 bridgehead atoms. The van der Waals surface area contributed by atoms with Crippen LogP contribution in [0.2, 0.25) is 0 Å². The minimum atomic E-state index is -0.270. The predicted molar refractivity (Wildman–Crippen MR) is 109 cm³/mol. The lowest BCUT2D eigenvalue weighted by Crippen LogP contribution is -2.51. The maximum absolute atomic E-state index is 12.9. The van der Waals surface area contributed by atoms with Gasteiger partial charge in [0.05, 0.1) is 12.7 Å². The lowest BCUT2D eigenvalue weighted by atomic mass is 10.0. The van der Waals surface area contributed by atoms with Gasteiger partial charge in [-0.3, -0.25) is 9.69 Å². The number of ether oxygens (including phenoxy) is 1. The highest BCUT2D eigenvalue weighted by Gasteiger charge is 2.31. The molecule has 146 valence electrons. The molecule has 1 amide bonds. The van der Waals surface area contributed by atoms with E-state index in [0.717, 1.165) is 37.4 Å². The number of methoxy groups -OCH3 is 1. The zero-order valence-corrected chi connectivity index (χ0v) is 16.6. The molecular formula is C22H26N4O2. The first kappa shape index (κ1) is 19.7. The summed E-state index contributed by atoms with van der Waals surface area (Å²) in [5.74, 6) is 0.687. The molecule has 0 aromatic heterocycles. The summed E-state index contributed by atoms with van der Waals surface area (Å²) < 4.78 is 5.33. The lowest BCUT2D eigenvalue weighted by Gasteiger charge is -2.40. The number of carbonyl (C=O) groups is 1. The summed E-state index contributed by atoms with van der Waals surface area (Å²) in [4.78, 5) is 19.0. The van der Waals surface area contributed by atoms with Crippen molar-refractivity contribution in [3.63, 3.8) is 0 Å². The van der Waals surface area contributed by atoms with Crippen LogP contribution in [0.3, 0.4) is 0 Å². The average molecular weight is 378 g/mol. The predicted octanol–water partition coefficient (Wildman–Crippen LogP) is 2.52. The van der Waals surface area contributed by atoms with E-state index in [-0.39, 0.29) is 11.9 Å². The molecule has 6 nitrogen and oxygen atoms in total. The van der Waals surface area contributed by atoms with Gasteiger partial charge in [0, 0.05) is 52.0 Å². The van der Waals surface area contributed by atoms with Crippen molar-refractivity contribution < 1.29 is 9.53 Å². The standard InChI is InChI=1S/C22H26N4O2/c1-24(2)22(27)21(17-7-5-4-6-8-17)26-13-11-25(12-14-26)19-10-9-18(16-23)20(15-19)28-3/h4-10,15,21H,11-14H2,1-3H3. The molecule has 3 rings (SSSR count). The fraction of sp³-hybridized carbons (Fsp3) is 0.364. The molecule has 1 heterocycles. The molecular weight excluding hydrogens is 352 g/mol. The van der Waals surface area contributed by atoms with Gasteiger partial charge in [-0.1, -0.05) is 30.3 Å². The van der Waals surface area contributed by atoms with Crippen LogP contribution in [0.25, 0.3) is 0 Å². The normalized spacial score (nSPS) is 15.6. The second kappa shape index (κ2) is 8.77. The molecule has 0 radical (unpaired) electrons. The fourth-order valence-corrected chi connectivity index (χ4v) is 3.60. The van der Waals surface area contributed by atoms with E-state index in [1.54, 1.807) is 32.2 Å². The summed E-state index contributed by atoms with van der Waals surface area (Å²) in [7, 11) is 5.18. The molecule has 28 heavy (non-hydrogen) atoms. The monoisotopic (exact) mass is 378 g/mol. The molecule has 2 aromatic rings. The van der Waals surface area contributed by atoms with Crippen LogP contribution in [-0.2, 0) is 4.79 Å². The quantitative estimate of drug-likeness (QED) is 0.800. The summed E-state index contributed by atoms with van der Waals surface area (Å²) in [6, 6.07) is 17.5. The topological polar surface area (TPSA) is 59.8 Å². The molecule has 1 aliphatic rings. The molecule has 0 N–H and O–H groups in total. The second-order valence-electron chi connectivity index (χ2n) is 7.07. The van der Waals surface area contributed by atoms with E-state index in [9.17, 15) is 4.79 Å². The molecule has 1 aliphatic heterocycles. The Labute approximate surface area is 166 Å². The van der Waals surface area contributed by atoms with E-state index < -0.39 is 0 Å². The van der Waals surface area contributed by atoms with Crippen LogP contribution in [-0.4, -0.2) is 63.1 Å². The van der Waals surface area contributed by atoms with Gasteiger partial charge in [-0.25, -0.2) is 0 Å². The first-order valence-electron chi connectivity index (χ1n) is 9.38. The highest BCUT2D eigenvalue weighted by atomic mass is 16.5. The van der Waals surface area contributed by atoms with Crippen LogP contribution in [0.4, 0.5) is 5.69 Å². The number of benzene rings is 2. The zero-order chi connectivity index (χ0) is 20.1. The SMILES string of the molecule is COc1cc(N2CCN(C(C(=O)N(C)C)c3ccccc3)CC2)ccc1C#N. The van der Waals surface area contributed by atoms with Gasteiger partial charge in [-0.15, -0.1) is 0 Å². The first-order valence-corrected chi connectivity index (χ1v) is 9.38. The number of piperazine rings is 1. The van der Waals surface area contributed by atoms with Crippen molar-refractivity contribution in [3.05, 3.63) is 59.7 Å². The second-order valence-corrected chi connectivity index (χ2v) is 7.07. The summed E-state index contributed by atoms with van der Waals surface area (Å²) in [5, 5.41) is 9.17. The summed E-state index contributed by atoms with van der Waals surface area (Å²) >= 11 is 0. The molecule has 0 spiro atoms. The van der Waals surface area contributed by atoms with Crippen molar-refractivity contribution in [1.29, 1.82) is 5.26 Å². The molecule has 0 saturated carbocycles. The van der Waals surface area contributed by atoms with Crippen LogP contribution in [0.1, 0.15) is 17.2 Å². The number of carbonyl (C=O) groups excluding carboxylic acids is 1. The minimum Gasteiger partial charge on any atom is -0.495 e. The highest BCUT2D eigenvalue weighted by molar-refractivity contribution is 5.83. The van der Waals surface area contributed by atoms with E-state index >= 15 is 0 Å². The Morgan fingerprint density at radius 3 is 2.36 bits per heavy atom. The van der Waals surface area contributed by atoms with Gasteiger partial charge in [0.1, 0.15) is 17.9 Å². The number of rotatable bonds is 5. The van der Waals surface area contributed by atoms with Gasteiger partial charge in [0.15, 0.2) is 0 Å². The van der Waals surface area contributed by atoms with Crippen molar-refractivity contribution in [3.8, 4) is 11.8 Å². The molecule has 1 atom stereocenters. The maximum atomic E-state index is 12.9. The molecule has 1 saturated heterocycles. The highest BCUT2D eigenvalue weighted by Crippen LogP contribution is 2.28. The largest absolute Gasteiger partial charge is 0.495 e. The van der Waals surface area contributed by atoms with E-state index in [4.69, 9.17) is 10.00 Å². The number of hydrogen-bond acceptors (Lipinski definition) is 5. The van der Waals surface area contributed by atoms with Crippen LogP contribution in [0.5, 0.6) is 5.75 Å². The van der Waals surface area contributed by atoms with Crippen molar-refractivity contribution >= 4 is 11.6 Å². The van der Waals surface area contributed by atoms with E-state index in [0.29, 0.717) is 11.3 Å². The number of likely N-dealkylation sites (N-methyl/N-ethyl adjacent to an activating group) is 1. The minimum absolute atomic E-state index is 0.0969. The van der Waals surface area contributed by atoms with Gasteiger partial charge in [-0.2, -0.15) is 5.26 Å². The molecule has 6 heteroatoms. The Balaban J connectivity index is 1.76. The van der Waals surface area contributed by atoms with Gasteiger partial charge < -0.3 is 14.5 Å². The van der Waals surface area contributed by atoms with Gasteiger partial charge >= 0.3 is 0 Å². The molecule has 0 aliphatic carbocycles. The third-order valence-electron chi connectivity index (χ3n) is 5.14. The van der Waals surface area contributed by atoms with E-state index in [2.05, 4.69) is 15.9 Å². The van der Waals surface area contributed by atoms with Crippen molar-refractivity contribution in [2.45, 2.75) is 6.04 Å². The summed E-state index contributed by atoms with van der Waals surface area (Å²) in [5.41, 5.74) is 2.59. The third-order valence-corrected chi connectivity index (χ3v) is 5.14. The average Bonchev–Trinajstić information content (AvgIpc) is 2.74. The number of nitrogens with zero attached hydrogens (tertiary/aromatic N) is 4. The van der Waals surface area contributed by atoms with Crippen molar-refractivity contribution in [2.24, 2.45) is 0 Å². The number of anilines is 1. The summed E-state index contributed by atoms with van der Waals surface area (Å²) in [6.07, 6.45) is 0. The third kappa shape index (κ3) is 4.10. The van der Waals surface area contributed by atoms with Crippen molar-refractivity contribution in [2.75, 3.05) is 52.3 Å². The number of amides is 1. The Morgan fingerprint density at radius 2 is 1.79 bits per heavy atom. The number of nitriles is 1. The molecule has 1 fully saturated rings. The van der Waals surface area contributed by atoms with E-state index in [1.165, 1.54) is 0 Å². The summed E-state index contributed by atoms with van der Waals surface area (Å²) in [6.45, 7) is 3.17. The zero-order valence-electron chi connectivity index (χ0n) is 16.6. The van der Waals surface area contributed by atoms with Crippen LogP contribution in [0, 0.1) is 11.3 Å². The number of hydrogen-bond donors (Lipinski definition) is 0. The van der Waals surface area contributed by atoms with Gasteiger partial charge in [0.2, 0.25) is 5.91 Å². The smallest absolute Gasteiger partial charge is 0.244 e. The van der Waals surface area contributed by atoms with Crippen LogP contribution >= 0.6 is 0 Å². The Hall–Kier alpha value is -3.04. The van der Waals surface area contributed by atoms with Gasteiger partial charge in [0.25, 0.3) is 0 Å². The lowest BCUT2D eigenvalue weighted by molar-refractivity contribution is -0.134. The fourth-order valence-electron chi connectivity index (χ4n) is 3.60.